The van der Waals surface area contributed by atoms with Gasteiger partial charge in [0.1, 0.15) is 0 Å². The van der Waals surface area contributed by atoms with Gasteiger partial charge >= 0.3 is 6.03 Å². The van der Waals surface area contributed by atoms with Crippen molar-refractivity contribution in [1.82, 2.24) is 10.6 Å². The highest BCUT2D eigenvalue weighted by molar-refractivity contribution is 7.99. The molecule has 1 fully saturated rings. The molecule has 1 aliphatic heterocycles. The van der Waals surface area contributed by atoms with E-state index in [-0.39, 0.29) is 6.03 Å². The lowest BCUT2D eigenvalue weighted by molar-refractivity contribution is 0.0700. The fraction of sp³-hybridized carbons (Fsp3) is 0.917. The van der Waals surface area contributed by atoms with E-state index in [2.05, 4.69) is 24.5 Å². The highest BCUT2D eigenvalue weighted by atomic mass is 32.2. The molecule has 3 N–H and O–H groups in total. The summed E-state index contributed by atoms with van der Waals surface area (Å²) in [4.78, 5) is 11.4. The van der Waals surface area contributed by atoms with Crippen molar-refractivity contribution < 1.29 is 9.90 Å². The highest BCUT2D eigenvalue weighted by Gasteiger charge is 2.31. The zero-order chi connectivity index (χ0) is 12.7. The quantitative estimate of drug-likeness (QED) is 0.636. The number of carbonyl (C=O) groups is 1. The summed E-state index contributed by atoms with van der Waals surface area (Å²) in [6.07, 6.45) is 2.90. The van der Waals surface area contributed by atoms with Crippen LogP contribution in [0.3, 0.4) is 0 Å². The fourth-order valence-electron chi connectivity index (χ4n) is 1.76. The summed E-state index contributed by atoms with van der Waals surface area (Å²) in [6.45, 7) is 5.41. The zero-order valence-electron chi connectivity index (χ0n) is 10.8. The first-order valence-corrected chi connectivity index (χ1v) is 7.49. The van der Waals surface area contributed by atoms with Gasteiger partial charge in [-0.25, -0.2) is 4.79 Å². The summed E-state index contributed by atoms with van der Waals surface area (Å²) in [7, 11) is 0. The summed E-state index contributed by atoms with van der Waals surface area (Å²) < 4.78 is 0. The molecule has 0 aromatic heterocycles. The molecular formula is C12H24N2O2S. The Hall–Kier alpha value is -0.420. The van der Waals surface area contributed by atoms with Crippen LogP contribution in [-0.4, -0.2) is 41.3 Å². The summed E-state index contributed by atoms with van der Waals surface area (Å²) in [5.41, 5.74) is -0.695. The Balaban J connectivity index is 2.05. The van der Waals surface area contributed by atoms with E-state index in [0.717, 1.165) is 30.8 Å². The van der Waals surface area contributed by atoms with E-state index < -0.39 is 5.60 Å². The molecule has 1 heterocycles. The van der Waals surface area contributed by atoms with E-state index >= 15 is 0 Å². The maximum atomic E-state index is 11.4. The molecule has 0 radical (unpaired) electrons. The SMILES string of the molecule is CC(C)CCCNC(=O)NCC1(O)CCSC1. The van der Waals surface area contributed by atoms with Crippen LogP contribution in [0, 0.1) is 5.92 Å². The van der Waals surface area contributed by atoms with Gasteiger partial charge in [-0.1, -0.05) is 13.8 Å². The molecule has 100 valence electrons. The maximum absolute atomic E-state index is 11.4. The minimum absolute atomic E-state index is 0.168. The average Bonchev–Trinajstić information content (AvgIpc) is 2.69. The number of amides is 2. The number of thioether (sulfide) groups is 1. The molecule has 0 bridgehead atoms. The number of rotatable bonds is 6. The first-order valence-electron chi connectivity index (χ1n) is 6.34. The van der Waals surface area contributed by atoms with Crippen LogP contribution in [-0.2, 0) is 0 Å². The Labute approximate surface area is 108 Å². The van der Waals surface area contributed by atoms with E-state index in [1.54, 1.807) is 11.8 Å². The van der Waals surface area contributed by atoms with Gasteiger partial charge in [-0.3, -0.25) is 0 Å². The second kappa shape index (κ2) is 7.11. The van der Waals surface area contributed by atoms with E-state index in [1.807, 2.05) is 0 Å². The third kappa shape index (κ3) is 6.17. The van der Waals surface area contributed by atoms with Crippen molar-refractivity contribution in [3.63, 3.8) is 0 Å². The number of hydrogen-bond acceptors (Lipinski definition) is 3. The molecule has 0 saturated carbocycles. The molecule has 17 heavy (non-hydrogen) atoms. The third-order valence-electron chi connectivity index (χ3n) is 2.90. The minimum atomic E-state index is -0.695. The summed E-state index contributed by atoms with van der Waals surface area (Å²) in [6, 6.07) is -0.168. The molecule has 1 aliphatic rings. The summed E-state index contributed by atoms with van der Waals surface area (Å²) >= 11 is 1.74. The molecule has 0 aromatic carbocycles. The Morgan fingerprint density at radius 2 is 2.24 bits per heavy atom. The van der Waals surface area contributed by atoms with Crippen LogP contribution in [0.4, 0.5) is 4.79 Å². The second-order valence-corrected chi connectivity index (χ2v) is 6.28. The van der Waals surface area contributed by atoms with Gasteiger partial charge in [-0.05, 0) is 30.9 Å². The number of aliphatic hydroxyl groups is 1. The van der Waals surface area contributed by atoms with Gasteiger partial charge in [-0.2, -0.15) is 11.8 Å². The minimum Gasteiger partial charge on any atom is -0.387 e. The second-order valence-electron chi connectivity index (χ2n) is 5.17. The summed E-state index contributed by atoms with van der Waals surface area (Å²) in [5.74, 6) is 2.38. The van der Waals surface area contributed by atoms with Crippen molar-refractivity contribution in [1.29, 1.82) is 0 Å². The number of urea groups is 1. The van der Waals surface area contributed by atoms with Gasteiger partial charge in [0.05, 0.1) is 5.60 Å². The zero-order valence-corrected chi connectivity index (χ0v) is 11.6. The van der Waals surface area contributed by atoms with Crippen molar-refractivity contribution in [3.8, 4) is 0 Å². The predicted molar refractivity (Wildman–Crippen MR) is 72.4 cm³/mol. The first kappa shape index (κ1) is 14.6. The van der Waals surface area contributed by atoms with E-state index in [4.69, 9.17) is 0 Å². The molecule has 5 heteroatoms. The monoisotopic (exact) mass is 260 g/mol. The van der Waals surface area contributed by atoms with Crippen LogP contribution in [0.1, 0.15) is 33.1 Å². The van der Waals surface area contributed by atoms with Gasteiger partial charge in [0.15, 0.2) is 0 Å². The topological polar surface area (TPSA) is 61.4 Å². The molecular weight excluding hydrogens is 236 g/mol. The largest absolute Gasteiger partial charge is 0.387 e. The Kier molecular flexibility index (Phi) is 6.12. The lowest BCUT2D eigenvalue weighted by Gasteiger charge is -2.21. The summed E-state index contributed by atoms with van der Waals surface area (Å²) in [5, 5.41) is 15.6. The molecule has 0 aliphatic carbocycles. The van der Waals surface area contributed by atoms with Crippen LogP contribution < -0.4 is 10.6 Å². The Morgan fingerprint density at radius 1 is 1.47 bits per heavy atom. The predicted octanol–water partition coefficient (Wildman–Crippen LogP) is 1.59. The van der Waals surface area contributed by atoms with Crippen molar-refractivity contribution in [2.45, 2.75) is 38.7 Å². The molecule has 4 nitrogen and oxygen atoms in total. The van der Waals surface area contributed by atoms with Crippen molar-refractivity contribution >= 4 is 17.8 Å². The smallest absolute Gasteiger partial charge is 0.314 e. The van der Waals surface area contributed by atoms with Crippen LogP contribution in [0.2, 0.25) is 0 Å². The number of nitrogens with one attached hydrogen (secondary N) is 2. The van der Waals surface area contributed by atoms with Crippen LogP contribution in [0.5, 0.6) is 0 Å². The first-order chi connectivity index (χ1) is 8.02. The number of carbonyl (C=O) groups excluding carboxylic acids is 1. The van der Waals surface area contributed by atoms with Crippen LogP contribution >= 0.6 is 11.8 Å². The van der Waals surface area contributed by atoms with Gasteiger partial charge in [0.2, 0.25) is 0 Å². The lowest BCUT2D eigenvalue weighted by atomic mass is 10.0. The molecule has 1 saturated heterocycles. The van der Waals surface area contributed by atoms with E-state index in [9.17, 15) is 9.90 Å². The molecule has 1 rings (SSSR count). The maximum Gasteiger partial charge on any atom is 0.314 e. The van der Waals surface area contributed by atoms with Gasteiger partial charge in [0.25, 0.3) is 0 Å². The lowest BCUT2D eigenvalue weighted by Crippen LogP contribution is -2.46. The van der Waals surface area contributed by atoms with Gasteiger partial charge < -0.3 is 15.7 Å². The van der Waals surface area contributed by atoms with Gasteiger partial charge in [-0.15, -0.1) is 0 Å². The molecule has 1 unspecified atom stereocenters. The molecule has 0 spiro atoms. The Morgan fingerprint density at radius 3 is 2.82 bits per heavy atom. The normalized spacial score (nSPS) is 24.0. The van der Waals surface area contributed by atoms with Crippen molar-refractivity contribution in [3.05, 3.63) is 0 Å². The van der Waals surface area contributed by atoms with E-state index in [0.29, 0.717) is 19.0 Å². The fourth-order valence-corrected chi connectivity index (χ4v) is 3.05. The Bertz CT molecular complexity index is 241. The van der Waals surface area contributed by atoms with Crippen LogP contribution in [0.15, 0.2) is 0 Å². The third-order valence-corrected chi connectivity index (χ3v) is 4.14. The number of hydrogen-bond donors (Lipinski definition) is 3. The van der Waals surface area contributed by atoms with Crippen molar-refractivity contribution in [2.24, 2.45) is 5.92 Å². The van der Waals surface area contributed by atoms with Crippen molar-refractivity contribution in [2.75, 3.05) is 24.6 Å². The van der Waals surface area contributed by atoms with Gasteiger partial charge in [0, 0.05) is 18.8 Å². The van der Waals surface area contributed by atoms with E-state index in [1.165, 1.54) is 0 Å². The highest BCUT2D eigenvalue weighted by Crippen LogP contribution is 2.26. The molecule has 0 aromatic rings. The molecule has 1 atom stereocenters. The molecule has 2 amide bonds. The van der Waals surface area contributed by atoms with Crippen LogP contribution in [0.25, 0.3) is 0 Å². The standard InChI is InChI=1S/C12H24N2O2S/c1-10(2)4-3-6-13-11(15)14-8-12(16)5-7-17-9-12/h10,16H,3-9H2,1-2H3,(H2,13,14,15). The average molecular weight is 260 g/mol.